The summed E-state index contributed by atoms with van der Waals surface area (Å²) in [5.74, 6) is 1.30. The standard InChI is InChI=1S/C24H32N2O5S/c1-6-30-21-12-19-11-18(5)31-22(19)13-20(21)14-25-23(27)7-8-26-32(28,29)24-16(3)9-15(2)10-17(24)4/h9-10,12-13,18,26H,6-8,11,14H2,1-5H3,(H,25,27). The number of hydrogen-bond acceptors (Lipinski definition) is 5. The number of sulfonamides is 1. The lowest BCUT2D eigenvalue weighted by Crippen LogP contribution is -2.31. The van der Waals surface area contributed by atoms with Gasteiger partial charge in [-0.2, -0.15) is 0 Å². The highest BCUT2D eigenvalue weighted by Gasteiger charge is 2.22. The molecule has 1 heterocycles. The van der Waals surface area contributed by atoms with Crippen molar-refractivity contribution >= 4 is 15.9 Å². The van der Waals surface area contributed by atoms with E-state index in [0.717, 1.165) is 34.6 Å². The molecule has 32 heavy (non-hydrogen) atoms. The highest BCUT2D eigenvalue weighted by Crippen LogP contribution is 2.35. The lowest BCUT2D eigenvalue weighted by molar-refractivity contribution is -0.121. The molecular formula is C24H32N2O5S. The quantitative estimate of drug-likeness (QED) is 0.599. The van der Waals surface area contributed by atoms with Gasteiger partial charge in [0.1, 0.15) is 17.6 Å². The fraction of sp³-hybridized carbons (Fsp3) is 0.458. The van der Waals surface area contributed by atoms with E-state index in [0.29, 0.717) is 17.7 Å². The van der Waals surface area contributed by atoms with Gasteiger partial charge in [-0.15, -0.1) is 0 Å². The second kappa shape index (κ2) is 9.92. The molecule has 8 heteroatoms. The third-order valence-corrected chi connectivity index (χ3v) is 7.14. The minimum absolute atomic E-state index is 0.0179. The molecule has 1 unspecified atom stereocenters. The highest BCUT2D eigenvalue weighted by molar-refractivity contribution is 7.89. The third-order valence-electron chi connectivity index (χ3n) is 5.37. The molecule has 1 aliphatic heterocycles. The molecule has 1 amide bonds. The highest BCUT2D eigenvalue weighted by atomic mass is 32.2. The van der Waals surface area contributed by atoms with Crippen LogP contribution in [0.1, 0.15) is 48.1 Å². The smallest absolute Gasteiger partial charge is 0.241 e. The zero-order chi connectivity index (χ0) is 23.5. The van der Waals surface area contributed by atoms with E-state index in [1.54, 1.807) is 13.8 Å². The number of aryl methyl sites for hydroxylation is 3. The molecular weight excluding hydrogens is 428 g/mol. The van der Waals surface area contributed by atoms with Crippen molar-refractivity contribution in [2.45, 2.75) is 65.0 Å². The van der Waals surface area contributed by atoms with E-state index in [-0.39, 0.29) is 36.4 Å². The number of benzene rings is 2. The summed E-state index contributed by atoms with van der Waals surface area (Å²) in [6, 6.07) is 7.57. The van der Waals surface area contributed by atoms with Gasteiger partial charge in [-0.05, 0) is 57.9 Å². The Balaban J connectivity index is 1.58. The van der Waals surface area contributed by atoms with E-state index in [4.69, 9.17) is 9.47 Å². The first-order chi connectivity index (χ1) is 15.1. The summed E-state index contributed by atoms with van der Waals surface area (Å²) in [7, 11) is -3.69. The summed E-state index contributed by atoms with van der Waals surface area (Å²) in [5, 5.41) is 2.85. The summed E-state index contributed by atoms with van der Waals surface area (Å²) in [4.78, 5) is 12.6. The number of ether oxygens (including phenoxy) is 2. The van der Waals surface area contributed by atoms with Gasteiger partial charge in [-0.1, -0.05) is 17.7 Å². The van der Waals surface area contributed by atoms with E-state index in [1.807, 2.05) is 45.0 Å². The van der Waals surface area contributed by atoms with Crippen LogP contribution in [0.4, 0.5) is 0 Å². The molecule has 0 saturated heterocycles. The Morgan fingerprint density at radius 1 is 1.16 bits per heavy atom. The molecule has 2 aromatic carbocycles. The molecule has 0 aromatic heterocycles. The van der Waals surface area contributed by atoms with Crippen LogP contribution < -0.4 is 19.5 Å². The first-order valence-electron chi connectivity index (χ1n) is 10.9. The molecule has 174 valence electrons. The molecule has 0 bridgehead atoms. The summed E-state index contributed by atoms with van der Waals surface area (Å²) < 4.78 is 39.5. The van der Waals surface area contributed by atoms with Crippen LogP contribution in [0.25, 0.3) is 0 Å². The topological polar surface area (TPSA) is 93.7 Å². The van der Waals surface area contributed by atoms with Crippen LogP contribution >= 0.6 is 0 Å². The lowest BCUT2D eigenvalue weighted by atomic mass is 10.1. The predicted octanol–water partition coefficient (Wildman–Crippen LogP) is 3.32. The molecule has 2 aromatic rings. The second-order valence-corrected chi connectivity index (χ2v) is 9.99. The predicted molar refractivity (Wildman–Crippen MR) is 124 cm³/mol. The molecule has 0 spiro atoms. The Labute approximate surface area is 190 Å². The van der Waals surface area contributed by atoms with Crippen molar-refractivity contribution in [1.29, 1.82) is 0 Å². The number of amides is 1. The maximum absolute atomic E-state index is 12.7. The van der Waals surface area contributed by atoms with Gasteiger partial charge in [0.2, 0.25) is 15.9 Å². The minimum Gasteiger partial charge on any atom is -0.494 e. The van der Waals surface area contributed by atoms with Crippen molar-refractivity contribution < 1.29 is 22.7 Å². The van der Waals surface area contributed by atoms with Crippen LogP contribution in [0.3, 0.4) is 0 Å². The van der Waals surface area contributed by atoms with Gasteiger partial charge >= 0.3 is 0 Å². The van der Waals surface area contributed by atoms with Crippen LogP contribution in [-0.2, 0) is 27.8 Å². The molecule has 2 N–H and O–H groups in total. The van der Waals surface area contributed by atoms with Gasteiger partial charge in [-0.3, -0.25) is 4.79 Å². The monoisotopic (exact) mass is 460 g/mol. The zero-order valence-corrected chi connectivity index (χ0v) is 20.2. The van der Waals surface area contributed by atoms with Crippen molar-refractivity contribution in [3.63, 3.8) is 0 Å². The normalized spacial score (nSPS) is 15.2. The van der Waals surface area contributed by atoms with Gasteiger partial charge in [0.25, 0.3) is 0 Å². The number of hydrogen-bond donors (Lipinski definition) is 2. The third kappa shape index (κ3) is 5.61. The average molecular weight is 461 g/mol. The van der Waals surface area contributed by atoms with E-state index >= 15 is 0 Å². The summed E-state index contributed by atoms with van der Waals surface area (Å²) in [5.41, 5.74) is 4.33. The Morgan fingerprint density at radius 3 is 2.50 bits per heavy atom. The van der Waals surface area contributed by atoms with Crippen molar-refractivity contribution in [2.75, 3.05) is 13.2 Å². The number of carbonyl (C=O) groups excluding carboxylic acids is 1. The van der Waals surface area contributed by atoms with Gasteiger partial charge < -0.3 is 14.8 Å². The molecule has 0 fully saturated rings. The van der Waals surface area contributed by atoms with Gasteiger partial charge in [-0.25, -0.2) is 13.1 Å². The Kier molecular flexibility index (Phi) is 7.46. The zero-order valence-electron chi connectivity index (χ0n) is 19.4. The van der Waals surface area contributed by atoms with Crippen LogP contribution in [-0.4, -0.2) is 33.6 Å². The van der Waals surface area contributed by atoms with Crippen LogP contribution in [0.5, 0.6) is 11.5 Å². The number of carbonyl (C=O) groups is 1. The second-order valence-electron chi connectivity index (χ2n) is 8.29. The number of nitrogens with one attached hydrogen (secondary N) is 2. The van der Waals surface area contributed by atoms with Crippen molar-refractivity contribution in [3.8, 4) is 11.5 Å². The Hall–Kier alpha value is -2.58. The van der Waals surface area contributed by atoms with Crippen molar-refractivity contribution in [1.82, 2.24) is 10.0 Å². The summed E-state index contributed by atoms with van der Waals surface area (Å²) in [6.45, 7) is 10.2. The van der Waals surface area contributed by atoms with E-state index < -0.39 is 10.0 Å². The largest absolute Gasteiger partial charge is 0.494 e. The van der Waals surface area contributed by atoms with E-state index in [9.17, 15) is 13.2 Å². The van der Waals surface area contributed by atoms with E-state index in [2.05, 4.69) is 10.0 Å². The van der Waals surface area contributed by atoms with Crippen molar-refractivity contribution in [2.24, 2.45) is 0 Å². The molecule has 1 aliphatic rings. The molecule has 7 nitrogen and oxygen atoms in total. The first kappa shape index (κ1) is 24.1. The molecule has 0 saturated carbocycles. The Morgan fingerprint density at radius 2 is 1.84 bits per heavy atom. The SMILES string of the molecule is CCOc1cc2c(cc1CNC(=O)CCNS(=O)(=O)c1c(C)cc(C)cc1C)OC(C)C2. The summed E-state index contributed by atoms with van der Waals surface area (Å²) >= 11 is 0. The average Bonchev–Trinajstić information content (AvgIpc) is 3.04. The molecule has 0 aliphatic carbocycles. The van der Waals surface area contributed by atoms with Crippen LogP contribution in [0.15, 0.2) is 29.2 Å². The fourth-order valence-electron chi connectivity index (χ4n) is 4.15. The lowest BCUT2D eigenvalue weighted by Gasteiger charge is -2.14. The fourth-order valence-corrected chi connectivity index (χ4v) is 5.63. The van der Waals surface area contributed by atoms with Gasteiger partial charge in [0.15, 0.2) is 0 Å². The maximum atomic E-state index is 12.7. The molecule has 0 radical (unpaired) electrons. The van der Waals surface area contributed by atoms with Gasteiger partial charge in [0.05, 0.1) is 11.5 Å². The van der Waals surface area contributed by atoms with Crippen LogP contribution in [0, 0.1) is 20.8 Å². The van der Waals surface area contributed by atoms with Crippen molar-refractivity contribution in [3.05, 3.63) is 52.1 Å². The maximum Gasteiger partial charge on any atom is 0.241 e. The van der Waals surface area contributed by atoms with Gasteiger partial charge in [0, 0.05) is 37.1 Å². The molecule has 3 rings (SSSR count). The van der Waals surface area contributed by atoms with Crippen LogP contribution in [0.2, 0.25) is 0 Å². The number of fused-ring (bicyclic) bond motifs is 1. The Bertz CT molecular complexity index is 1090. The first-order valence-corrected chi connectivity index (χ1v) is 12.4. The molecule has 1 atom stereocenters. The number of rotatable bonds is 9. The minimum atomic E-state index is -3.69. The summed E-state index contributed by atoms with van der Waals surface area (Å²) in [6.07, 6.45) is 0.992. The van der Waals surface area contributed by atoms with E-state index in [1.165, 1.54) is 0 Å².